The van der Waals surface area contributed by atoms with E-state index in [1.165, 1.54) is 0 Å². The van der Waals surface area contributed by atoms with Crippen molar-refractivity contribution in [1.82, 2.24) is 20.2 Å². The molecular formula is C18H14Cl2N6O. The second kappa shape index (κ2) is 7.02. The van der Waals surface area contributed by atoms with E-state index in [1.807, 2.05) is 19.1 Å². The molecule has 3 aromatic rings. The fraction of sp³-hybridized carbons (Fsp3) is 0.111. The summed E-state index contributed by atoms with van der Waals surface area (Å²) in [7, 11) is 0. The Morgan fingerprint density at radius 2 is 1.93 bits per heavy atom. The van der Waals surface area contributed by atoms with Crippen LogP contribution >= 0.6 is 23.2 Å². The summed E-state index contributed by atoms with van der Waals surface area (Å²) >= 11 is 12.1. The highest BCUT2D eigenvalue weighted by Gasteiger charge is 2.34. The fourth-order valence-electron chi connectivity index (χ4n) is 3.02. The van der Waals surface area contributed by atoms with Crippen molar-refractivity contribution in [3.63, 3.8) is 0 Å². The smallest absolute Gasteiger partial charge is 0.255 e. The molecule has 1 aliphatic heterocycles. The van der Waals surface area contributed by atoms with Crippen LogP contribution in [0.15, 0.2) is 59.8 Å². The lowest BCUT2D eigenvalue weighted by atomic mass is 9.95. The largest absolute Gasteiger partial charge is 0.326 e. The number of allylic oxidation sites excluding steroid dienone is 1. The molecule has 1 atom stereocenters. The van der Waals surface area contributed by atoms with Crippen LogP contribution in [0.2, 0.25) is 10.0 Å². The van der Waals surface area contributed by atoms with Gasteiger partial charge in [0, 0.05) is 21.4 Å². The Balaban J connectivity index is 1.76. The fourth-order valence-corrected chi connectivity index (χ4v) is 3.35. The molecule has 1 aromatic heterocycles. The zero-order chi connectivity index (χ0) is 19.0. The molecule has 1 unspecified atom stereocenters. The summed E-state index contributed by atoms with van der Waals surface area (Å²) in [4.78, 5) is 13.1. The summed E-state index contributed by atoms with van der Waals surface area (Å²) in [5.41, 5.74) is 2.59. The first-order valence-electron chi connectivity index (χ1n) is 8.11. The lowest BCUT2D eigenvalue weighted by Crippen LogP contribution is -2.31. The summed E-state index contributed by atoms with van der Waals surface area (Å²) in [5, 5.41) is 18.9. The van der Waals surface area contributed by atoms with Gasteiger partial charge in [0.1, 0.15) is 6.04 Å². The van der Waals surface area contributed by atoms with E-state index in [0.29, 0.717) is 33.0 Å². The maximum Gasteiger partial charge on any atom is 0.255 e. The van der Waals surface area contributed by atoms with Crippen LogP contribution in [0.5, 0.6) is 0 Å². The van der Waals surface area contributed by atoms with Crippen molar-refractivity contribution in [2.75, 3.05) is 10.6 Å². The Kier molecular flexibility index (Phi) is 4.55. The number of anilines is 2. The summed E-state index contributed by atoms with van der Waals surface area (Å²) in [5.74, 6) is 0.189. The third kappa shape index (κ3) is 3.39. The van der Waals surface area contributed by atoms with E-state index in [2.05, 4.69) is 26.2 Å². The molecule has 1 amide bonds. The van der Waals surface area contributed by atoms with Gasteiger partial charge in [-0.2, -0.15) is 4.68 Å². The SMILES string of the molecule is CC1=C(C(=O)Nc2ccc(Cl)cc2)C(c2cccc(Cl)c2)n2nnnc2N1. The lowest BCUT2D eigenvalue weighted by Gasteiger charge is -2.28. The third-order valence-electron chi connectivity index (χ3n) is 4.23. The van der Waals surface area contributed by atoms with Crippen LogP contribution in [0, 0.1) is 0 Å². The second-order valence-corrected chi connectivity index (χ2v) is 6.90. The number of rotatable bonds is 3. The first-order chi connectivity index (χ1) is 13.0. The topological polar surface area (TPSA) is 84.7 Å². The Bertz CT molecular complexity index is 1040. The molecule has 27 heavy (non-hydrogen) atoms. The molecule has 0 radical (unpaired) electrons. The van der Waals surface area contributed by atoms with Crippen molar-refractivity contribution in [2.24, 2.45) is 0 Å². The predicted octanol–water partition coefficient (Wildman–Crippen LogP) is 3.91. The van der Waals surface area contributed by atoms with E-state index in [1.54, 1.807) is 41.1 Å². The number of tetrazole rings is 1. The number of carbonyl (C=O) groups is 1. The monoisotopic (exact) mass is 400 g/mol. The van der Waals surface area contributed by atoms with E-state index in [0.717, 1.165) is 5.56 Å². The number of benzene rings is 2. The number of hydrogen-bond acceptors (Lipinski definition) is 5. The number of fused-ring (bicyclic) bond motifs is 1. The quantitative estimate of drug-likeness (QED) is 0.695. The number of nitrogens with one attached hydrogen (secondary N) is 2. The van der Waals surface area contributed by atoms with Crippen molar-refractivity contribution in [3.05, 3.63) is 75.4 Å². The molecule has 0 aliphatic carbocycles. The summed E-state index contributed by atoms with van der Waals surface area (Å²) < 4.78 is 1.56. The molecule has 1 aliphatic rings. The second-order valence-electron chi connectivity index (χ2n) is 6.03. The minimum absolute atomic E-state index is 0.270. The molecule has 0 spiro atoms. The number of aromatic nitrogens is 4. The van der Waals surface area contributed by atoms with Gasteiger partial charge in [-0.05, 0) is 59.3 Å². The third-order valence-corrected chi connectivity index (χ3v) is 4.71. The van der Waals surface area contributed by atoms with E-state index in [4.69, 9.17) is 23.2 Å². The number of carbonyl (C=O) groups excluding carboxylic acids is 1. The minimum atomic E-state index is -0.512. The van der Waals surface area contributed by atoms with E-state index < -0.39 is 6.04 Å². The summed E-state index contributed by atoms with van der Waals surface area (Å²) in [6.07, 6.45) is 0. The highest BCUT2D eigenvalue weighted by atomic mass is 35.5. The maximum atomic E-state index is 13.1. The summed E-state index contributed by atoms with van der Waals surface area (Å²) in [6, 6.07) is 13.7. The highest BCUT2D eigenvalue weighted by Crippen LogP contribution is 2.35. The molecule has 0 fully saturated rings. The van der Waals surface area contributed by atoms with E-state index >= 15 is 0 Å². The number of halogens is 2. The van der Waals surface area contributed by atoms with Gasteiger partial charge in [-0.25, -0.2) is 0 Å². The number of amides is 1. The zero-order valence-electron chi connectivity index (χ0n) is 14.1. The number of hydrogen-bond donors (Lipinski definition) is 2. The molecule has 2 aromatic carbocycles. The molecule has 9 heteroatoms. The molecule has 0 saturated heterocycles. The average molecular weight is 401 g/mol. The van der Waals surface area contributed by atoms with Crippen molar-refractivity contribution in [1.29, 1.82) is 0 Å². The standard InChI is InChI=1S/C18H14Cl2N6O/c1-10-15(17(27)22-14-7-5-12(19)6-8-14)16(11-3-2-4-13(20)9-11)26-18(21-10)23-24-25-26/h2-9,16H,1H3,(H,22,27)(H,21,23,25). The average Bonchev–Trinajstić information content (AvgIpc) is 3.10. The molecule has 136 valence electrons. The Morgan fingerprint density at radius 3 is 2.67 bits per heavy atom. The van der Waals surface area contributed by atoms with Gasteiger partial charge in [0.25, 0.3) is 5.91 Å². The Morgan fingerprint density at radius 1 is 1.15 bits per heavy atom. The Hall–Kier alpha value is -2.90. The van der Waals surface area contributed by atoms with Crippen LogP contribution in [0.3, 0.4) is 0 Å². The van der Waals surface area contributed by atoms with Crippen LogP contribution in [-0.4, -0.2) is 26.1 Å². The van der Waals surface area contributed by atoms with E-state index in [9.17, 15) is 4.79 Å². The van der Waals surface area contributed by atoms with Crippen LogP contribution in [0.4, 0.5) is 11.6 Å². The Labute approximate surface area is 165 Å². The van der Waals surface area contributed by atoms with Crippen molar-refractivity contribution in [2.45, 2.75) is 13.0 Å². The van der Waals surface area contributed by atoms with Gasteiger partial charge in [-0.15, -0.1) is 0 Å². The van der Waals surface area contributed by atoms with Gasteiger partial charge < -0.3 is 10.6 Å². The van der Waals surface area contributed by atoms with E-state index in [-0.39, 0.29) is 5.91 Å². The van der Waals surface area contributed by atoms with Gasteiger partial charge in [0.15, 0.2) is 0 Å². The van der Waals surface area contributed by atoms with Gasteiger partial charge >= 0.3 is 0 Å². The lowest BCUT2D eigenvalue weighted by molar-refractivity contribution is -0.113. The van der Waals surface area contributed by atoms with Crippen LogP contribution in [0.1, 0.15) is 18.5 Å². The molecule has 4 rings (SSSR count). The minimum Gasteiger partial charge on any atom is -0.326 e. The predicted molar refractivity (Wildman–Crippen MR) is 104 cm³/mol. The van der Waals surface area contributed by atoms with Gasteiger partial charge in [0.2, 0.25) is 5.95 Å². The van der Waals surface area contributed by atoms with Crippen LogP contribution in [0.25, 0.3) is 0 Å². The van der Waals surface area contributed by atoms with Gasteiger partial charge in [0.05, 0.1) is 5.57 Å². The van der Waals surface area contributed by atoms with Crippen LogP contribution < -0.4 is 10.6 Å². The summed E-state index contributed by atoms with van der Waals surface area (Å²) in [6.45, 7) is 1.81. The van der Waals surface area contributed by atoms with Crippen LogP contribution in [-0.2, 0) is 4.79 Å². The molecule has 2 N–H and O–H groups in total. The van der Waals surface area contributed by atoms with Gasteiger partial charge in [-0.1, -0.05) is 40.4 Å². The van der Waals surface area contributed by atoms with Crippen molar-refractivity contribution in [3.8, 4) is 0 Å². The normalized spacial score (nSPS) is 15.9. The molecular weight excluding hydrogens is 387 g/mol. The van der Waals surface area contributed by atoms with Crippen molar-refractivity contribution < 1.29 is 4.79 Å². The van der Waals surface area contributed by atoms with Gasteiger partial charge in [-0.3, -0.25) is 4.79 Å². The molecule has 2 heterocycles. The molecule has 7 nitrogen and oxygen atoms in total. The molecule has 0 saturated carbocycles. The number of nitrogens with zero attached hydrogens (tertiary/aromatic N) is 4. The zero-order valence-corrected chi connectivity index (χ0v) is 15.7. The highest BCUT2D eigenvalue weighted by molar-refractivity contribution is 6.31. The first-order valence-corrected chi connectivity index (χ1v) is 8.86. The molecule has 0 bridgehead atoms. The first kappa shape index (κ1) is 17.5. The van der Waals surface area contributed by atoms with Crippen molar-refractivity contribution >= 4 is 40.7 Å². The maximum absolute atomic E-state index is 13.1.